The molecule has 2 aromatic carbocycles. The van der Waals surface area contributed by atoms with Crippen LogP contribution in [0, 0.1) is 6.92 Å². The number of piperidine rings is 1. The van der Waals surface area contributed by atoms with Crippen LogP contribution >= 0.6 is 0 Å². The fraction of sp³-hybridized carbons (Fsp3) is 0.286. The van der Waals surface area contributed by atoms with Gasteiger partial charge >= 0.3 is 0 Å². The number of rotatable bonds is 1. The molecule has 0 radical (unpaired) electrons. The molecule has 0 unspecified atom stereocenters. The van der Waals surface area contributed by atoms with Crippen LogP contribution in [0.2, 0.25) is 0 Å². The zero-order valence-corrected chi connectivity index (χ0v) is 15.5. The van der Waals surface area contributed by atoms with Crippen molar-refractivity contribution in [2.75, 3.05) is 13.1 Å². The van der Waals surface area contributed by atoms with Crippen molar-refractivity contribution in [2.24, 2.45) is 0 Å². The van der Waals surface area contributed by atoms with E-state index in [1.807, 2.05) is 13.0 Å². The van der Waals surface area contributed by atoms with Gasteiger partial charge in [0.25, 0.3) is 11.8 Å². The van der Waals surface area contributed by atoms with E-state index < -0.39 is 5.72 Å². The average Bonchev–Trinajstić information content (AvgIpc) is 3.18. The average molecular weight is 376 g/mol. The van der Waals surface area contributed by atoms with Gasteiger partial charge in [-0.3, -0.25) is 14.7 Å². The lowest BCUT2D eigenvalue weighted by molar-refractivity contribution is -0.0776. The Morgan fingerprint density at radius 2 is 2.00 bits per heavy atom. The number of nitrogens with zero attached hydrogens (tertiary/aromatic N) is 2. The van der Waals surface area contributed by atoms with Crippen LogP contribution in [0.25, 0.3) is 10.9 Å². The number of para-hydroxylation sites is 1. The third-order valence-corrected chi connectivity index (χ3v) is 5.61. The minimum absolute atomic E-state index is 0.307. The zero-order chi connectivity index (χ0) is 19.3. The minimum Gasteiger partial charge on any atom is -0.466 e. The summed E-state index contributed by atoms with van der Waals surface area (Å²) in [7, 11) is 0. The van der Waals surface area contributed by atoms with Crippen molar-refractivity contribution < 1.29 is 14.3 Å². The molecular weight excluding hydrogens is 356 g/mol. The van der Waals surface area contributed by atoms with Crippen LogP contribution in [-0.4, -0.2) is 45.7 Å². The normalized spacial score (nSPS) is 18.2. The lowest BCUT2D eigenvalue weighted by atomic mass is 9.94. The molecule has 142 valence electrons. The molecule has 1 fully saturated rings. The first-order valence-electron chi connectivity index (χ1n) is 9.40. The number of amides is 2. The molecule has 2 amide bonds. The molecule has 2 N–H and O–H groups in total. The van der Waals surface area contributed by atoms with Gasteiger partial charge in [0, 0.05) is 36.9 Å². The van der Waals surface area contributed by atoms with E-state index in [-0.39, 0.29) is 11.8 Å². The van der Waals surface area contributed by atoms with E-state index in [9.17, 15) is 9.59 Å². The van der Waals surface area contributed by atoms with E-state index in [4.69, 9.17) is 4.74 Å². The molecule has 7 nitrogen and oxygen atoms in total. The second kappa shape index (κ2) is 6.17. The molecule has 1 spiro atoms. The lowest BCUT2D eigenvalue weighted by Gasteiger charge is -2.47. The number of aryl methyl sites for hydroxylation is 1. The summed E-state index contributed by atoms with van der Waals surface area (Å²) in [5.41, 5.74) is 1.71. The molecule has 7 heteroatoms. The van der Waals surface area contributed by atoms with E-state index in [0.29, 0.717) is 42.8 Å². The Kier molecular flexibility index (Phi) is 3.73. The van der Waals surface area contributed by atoms with Crippen molar-refractivity contribution in [1.82, 2.24) is 20.4 Å². The first kappa shape index (κ1) is 16.9. The van der Waals surface area contributed by atoms with Crippen LogP contribution < -0.4 is 10.1 Å². The molecular formula is C21H20N4O3. The van der Waals surface area contributed by atoms with Crippen LogP contribution in [0.5, 0.6) is 5.75 Å². The van der Waals surface area contributed by atoms with Gasteiger partial charge in [-0.15, -0.1) is 0 Å². The highest BCUT2D eigenvalue weighted by atomic mass is 16.5. The van der Waals surface area contributed by atoms with Gasteiger partial charge in [0.05, 0.1) is 17.3 Å². The minimum atomic E-state index is -0.965. The van der Waals surface area contributed by atoms with E-state index in [1.54, 1.807) is 36.5 Å². The van der Waals surface area contributed by atoms with Crippen molar-refractivity contribution in [3.8, 4) is 5.75 Å². The number of ether oxygens (including phenoxy) is 1. The molecule has 3 heterocycles. The van der Waals surface area contributed by atoms with Gasteiger partial charge in [-0.1, -0.05) is 12.1 Å². The number of fused-ring (bicyclic) bond motifs is 2. The van der Waals surface area contributed by atoms with Gasteiger partial charge in [-0.2, -0.15) is 5.10 Å². The van der Waals surface area contributed by atoms with Gasteiger partial charge in [0.1, 0.15) is 5.75 Å². The van der Waals surface area contributed by atoms with Gasteiger partial charge in [-0.05, 0) is 36.8 Å². The Balaban J connectivity index is 1.64. The van der Waals surface area contributed by atoms with E-state index >= 15 is 0 Å². The molecule has 0 aliphatic carbocycles. The maximum absolute atomic E-state index is 13.6. The van der Waals surface area contributed by atoms with Crippen LogP contribution in [0.4, 0.5) is 0 Å². The first-order chi connectivity index (χ1) is 13.6. The van der Waals surface area contributed by atoms with Crippen LogP contribution in [-0.2, 0) is 0 Å². The number of nitrogens with one attached hydrogen (secondary N) is 2. The quantitative estimate of drug-likeness (QED) is 0.638. The molecule has 2 aliphatic rings. The Hall–Kier alpha value is -3.19. The number of H-pyrrole nitrogens is 1. The van der Waals surface area contributed by atoms with Crippen LogP contribution in [0.15, 0.2) is 42.6 Å². The van der Waals surface area contributed by atoms with Crippen LogP contribution in [0.1, 0.15) is 39.1 Å². The maximum atomic E-state index is 13.6. The third-order valence-electron chi connectivity index (χ3n) is 5.61. The molecule has 2 aliphatic heterocycles. The summed E-state index contributed by atoms with van der Waals surface area (Å²) in [6.45, 7) is 3.28. The molecule has 1 saturated heterocycles. The SMILES string of the molecule is Cc1cc(C(=O)N2C(=O)c3ccccc3OC23CCNCC3)cc2cn[nH]c12. The second-order valence-corrected chi connectivity index (χ2v) is 7.37. The van der Waals surface area contributed by atoms with Crippen molar-refractivity contribution in [3.63, 3.8) is 0 Å². The summed E-state index contributed by atoms with van der Waals surface area (Å²) in [5, 5.41) is 11.1. The predicted octanol–water partition coefficient (Wildman–Crippen LogP) is 2.63. The Bertz CT molecular complexity index is 1100. The van der Waals surface area contributed by atoms with Crippen molar-refractivity contribution in [1.29, 1.82) is 0 Å². The van der Waals surface area contributed by atoms with Gasteiger partial charge in [0.2, 0.25) is 0 Å². The maximum Gasteiger partial charge on any atom is 0.267 e. The predicted molar refractivity (Wildman–Crippen MR) is 103 cm³/mol. The highest BCUT2D eigenvalue weighted by molar-refractivity contribution is 6.13. The Morgan fingerprint density at radius 1 is 1.21 bits per heavy atom. The lowest BCUT2D eigenvalue weighted by Crippen LogP contribution is -2.64. The summed E-state index contributed by atoms with van der Waals surface area (Å²) < 4.78 is 6.31. The highest BCUT2D eigenvalue weighted by Gasteiger charge is 2.50. The number of aromatic amines is 1. The number of carbonyl (C=O) groups is 2. The Labute approximate surface area is 161 Å². The molecule has 5 rings (SSSR count). The fourth-order valence-electron chi connectivity index (χ4n) is 4.20. The van der Waals surface area contributed by atoms with E-state index in [0.717, 1.165) is 16.5 Å². The number of hydrogen-bond donors (Lipinski definition) is 2. The summed E-state index contributed by atoms with van der Waals surface area (Å²) in [4.78, 5) is 28.3. The third kappa shape index (κ3) is 2.43. The summed E-state index contributed by atoms with van der Waals surface area (Å²) in [6.07, 6.45) is 2.78. The van der Waals surface area contributed by atoms with Crippen molar-refractivity contribution >= 4 is 22.7 Å². The molecule has 0 saturated carbocycles. The Morgan fingerprint density at radius 3 is 2.82 bits per heavy atom. The first-order valence-corrected chi connectivity index (χ1v) is 9.40. The largest absolute Gasteiger partial charge is 0.466 e. The summed E-state index contributed by atoms with van der Waals surface area (Å²) >= 11 is 0. The molecule has 3 aromatic rings. The molecule has 1 aromatic heterocycles. The van der Waals surface area contributed by atoms with Gasteiger partial charge in [0.15, 0.2) is 5.72 Å². The number of aromatic nitrogens is 2. The smallest absolute Gasteiger partial charge is 0.267 e. The van der Waals surface area contributed by atoms with Crippen molar-refractivity contribution in [3.05, 3.63) is 59.3 Å². The van der Waals surface area contributed by atoms with E-state index in [2.05, 4.69) is 15.5 Å². The zero-order valence-electron chi connectivity index (χ0n) is 15.5. The molecule has 28 heavy (non-hydrogen) atoms. The fourth-order valence-corrected chi connectivity index (χ4v) is 4.20. The topological polar surface area (TPSA) is 87.3 Å². The number of benzene rings is 2. The summed E-state index contributed by atoms with van der Waals surface area (Å²) in [6, 6.07) is 10.7. The highest BCUT2D eigenvalue weighted by Crippen LogP contribution is 2.39. The molecule has 0 bridgehead atoms. The number of hydrogen-bond acceptors (Lipinski definition) is 5. The van der Waals surface area contributed by atoms with Gasteiger partial charge in [-0.25, -0.2) is 4.90 Å². The second-order valence-electron chi connectivity index (χ2n) is 7.37. The summed E-state index contributed by atoms with van der Waals surface area (Å²) in [5.74, 6) is -0.105. The molecule has 0 atom stereocenters. The van der Waals surface area contributed by atoms with Crippen LogP contribution in [0.3, 0.4) is 0 Å². The standard InChI is InChI=1S/C21H20N4O3/c1-13-10-14(11-15-12-23-24-18(13)15)19(26)25-20(27)16-4-2-3-5-17(16)28-21(25)6-8-22-9-7-21/h2-5,10-12,22H,6-9H2,1H3,(H,23,24). The van der Waals surface area contributed by atoms with E-state index in [1.165, 1.54) is 4.90 Å². The number of carbonyl (C=O) groups excluding carboxylic acids is 2. The van der Waals surface area contributed by atoms with Gasteiger partial charge < -0.3 is 10.1 Å². The monoisotopic (exact) mass is 376 g/mol. The number of imide groups is 1. The van der Waals surface area contributed by atoms with Crippen molar-refractivity contribution in [2.45, 2.75) is 25.5 Å².